The normalized spacial score (nSPS) is 28.6. The van der Waals surface area contributed by atoms with Gasteiger partial charge in [-0.15, -0.1) is 0 Å². The second-order valence-corrected chi connectivity index (χ2v) is 8.40. The summed E-state index contributed by atoms with van der Waals surface area (Å²) in [4.78, 5) is 50.3. The highest BCUT2D eigenvalue weighted by molar-refractivity contribution is 6.09. The Balaban J connectivity index is 1.52. The highest BCUT2D eigenvalue weighted by Crippen LogP contribution is 2.38. The number of ether oxygens (including phenoxy) is 1. The standard InChI is InChI=1S/C20H28N4O5/c1-14-7-3-6-10-20(14)17(27)24(18(28)23-20)11-16(26)29-12-15(25)22-19(13-21)8-4-2-5-9-19/h14H,2-12H2,1H3,(H,22,25)(H,23,28)/t14-,20-/m1/s1. The maximum atomic E-state index is 12.8. The predicted molar refractivity (Wildman–Crippen MR) is 101 cm³/mol. The summed E-state index contributed by atoms with van der Waals surface area (Å²) in [5, 5.41) is 14.8. The number of nitrogens with one attached hydrogen (secondary N) is 2. The molecule has 0 bridgehead atoms. The van der Waals surface area contributed by atoms with Gasteiger partial charge in [-0.05, 0) is 31.6 Å². The molecule has 2 saturated carbocycles. The average molecular weight is 404 g/mol. The number of carbonyl (C=O) groups is 4. The summed E-state index contributed by atoms with van der Waals surface area (Å²) in [6, 6.07) is 1.56. The zero-order valence-electron chi connectivity index (χ0n) is 16.8. The largest absolute Gasteiger partial charge is 0.454 e. The van der Waals surface area contributed by atoms with Crippen LogP contribution >= 0.6 is 0 Å². The fourth-order valence-electron chi connectivity index (χ4n) is 4.68. The highest BCUT2D eigenvalue weighted by atomic mass is 16.5. The molecule has 3 rings (SSSR count). The average Bonchev–Trinajstić information content (AvgIpc) is 2.94. The third-order valence-electron chi connectivity index (χ3n) is 6.45. The molecule has 1 heterocycles. The smallest absolute Gasteiger partial charge is 0.326 e. The van der Waals surface area contributed by atoms with Crippen LogP contribution in [0.5, 0.6) is 0 Å². The van der Waals surface area contributed by atoms with E-state index in [1.54, 1.807) is 0 Å². The van der Waals surface area contributed by atoms with Crippen LogP contribution in [-0.2, 0) is 19.1 Å². The van der Waals surface area contributed by atoms with Gasteiger partial charge >= 0.3 is 12.0 Å². The number of imide groups is 1. The molecule has 0 aromatic heterocycles. The molecule has 0 radical (unpaired) electrons. The molecular weight excluding hydrogens is 376 g/mol. The molecule has 0 aromatic rings. The summed E-state index contributed by atoms with van der Waals surface area (Å²) in [7, 11) is 0. The van der Waals surface area contributed by atoms with Crippen molar-refractivity contribution in [1.82, 2.24) is 15.5 Å². The Bertz CT molecular complexity index is 740. The van der Waals surface area contributed by atoms with Crippen LogP contribution in [0.15, 0.2) is 0 Å². The Hall–Kier alpha value is -2.63. The Morgan fingerprint density at radius 3 is 2.55 bits per heavy atom. The van der Waals surface area contributed by atoms with Gasteiger partial charge in [-0.1, -0.05) is 39.0 Å². The summed E-state index contributed by atoms with van der Waals surface area (Å²) >= 11 is 0. The molecule has 9 heteroatoms. The third kappa shape index (κ3) is 4.21. The van der Waals surface area contributed by atoms with E-state index in [1.807, 2.05) is 6.92 Å². The van der Waals surface area contributed by atoms with E-state index in [4.69, 9.17) is 4.74 Å². The van der Waals surface area contributed by atoms with Crippen molar-refractivity contribution in [2.45, 2.75) is 75.8 Å². The molecular formula is C20H28N4O5. The number of amides is 4. The number of nitrogens with zero attached hydrogens (tertiary/aromatic N) is 2. The molecule has 2 N–H and O–H groups in total. The van der Waals surface area contributed by atoms with E-state index in [2.05, 4.69) is 16.7 Å². The first-order chi connectivity index (χ1) is 13.8. The lowest BCUT2D eigenvalue weighted by molar-refractivity contribution is -0.151. The van der Waals surface area contributed by atoms with Gasteiger partial charge in [0.2, 0.25) is 0 Å². The summed E-state index contributed by atoms with van der Waals surface area (Å²) in [5.41, 5.74) is -1.84. The van der Waals surface area contributed by atoms with Crippen molar-refractivity contribution in [2.75, 3.05) is 13.2 Å². The lowest BCUT2D eigenvalue weighted by Gasteiger charge is -2.36. The van der Waals surface area contributed by atoms with Crippen molar-refractivity contribution in [3.63, 3.8) is 0 Å². The molecule has 2 atom stereocenters. The summed E-state index contributed by atoms with van der Waals surface area (Å²) in [6.45, 7) is 0.850. The van der Waals surface area contributed by atoms with Crippen molar-refractivity contribution in [2.24, 2.45) is 5.92 Å². The van der Waals surface area contributed by atoms with E-state index >= 15 is 0 Å². The van der Waals surface area contributed by atoms with E-state index in [0.29, 0.717) is 19.3 Å². The van der Waals surface area contributed by atoms with Crippen molar-refractivity contribution in [3.05, 3.63) is 0 Å². The number of hydrogen-bond donors (Lipinski definition) is 2. The van der Waals surface area contributed by atoms with Gasteiger partial charge in [-0.3, -0.25) is 19.3 Å². The second kappa shape index (κ2) is 8.39. The number of urea groups is 1. The fourth-order valence-corrected chi connectivity index (χ4v) is 4.68. The summed E-state index contributed by atoms with van der Waals surface area (Å²) in [5.74, 6) is -1.80. The van der Waals surface area contributed by atoms with E-state index in [0.717, 1.165) is 43.4 Å². The SMILES string of the molecule is C[C@@H]1CCCC[C@@]12NC(=O)N(CC(=O)OCC(=O)NC1(C#N)CCCCC1)C2=O. The van der Waals surface area contributed by atoms with Crippen molar-refractivity contribution < 1.29 is 23.9 Å². The maximum absolute atomic E-state index is 12.8. The quantitative estimate of drug-likeness (QED) is 0.526. The van der Waals surface area contributed by atoms with E-state index in [-0.39, 0.29) is 5.92 Å². The molecule has 0 aromatic carbocycles. The summed E-state index contributed by atoms with van der Waals surface area (Å²) < 4.78 is 4.96. The minimum atomic E-state index is -0.937. The van der Waals surface area contributed by atoms with E-state index < -0.39 is 48.0 Å². The predicted octanol–water partition coefficient (Wildman–Crippen LogP) is 1.37. The number of esters is 1. The molecule has 1 saturated heterocycles. The minimum Gasteiger partial charge on any atom is -0.454 e. The van der Waals surface area contributed by atoms with Gasteiger partial charge in [0.15, 0.2) is 6.61 Å². The molecule has 1 aliphatic heterocycles. The van der Waals surface area contributed by atoms with Crippen LogP contribution in [0.25, 0.3) is 0 Å². The summed E-state index contributed by atoms with van der Waals surface area (Å²) in [6.07, 6.45) is 7.15. The van der Waals surface area contributed by atoms with Crippen LogP contribution in [0, 0.1) is 17.2 Å². The second-order valence-electron chi connectivity index (χ2n) is 8.40. The first-order valence-corrected chi connectivity index (χ1v) is 10.3. The molecule has 0 unspecified atom stereocenters. The van der Waals surface area contributed by atoms with Gasteiger partial charge in [0.25, 0.3) is 11.8 Å². The van der Waals surface area contributed by atoms with Gasteiger partial charge in [-0.25, -0.2) is 4.79 Å². The van der Waals surface area contributed by atoms with Gasteiger partial charge in [0.05, 0.1) is 6.07 Å². The van der Waals surface area contributed by atoms with Gasteiger partial charge < -0.3 is 15.4 Å². The number of carbonyl (C=O) groups excluding carboxylic acids is 4. The van der Waals surface area contributed by atoms with Gasteiger partial charge in [0, 0.05) is 0 Å². The molecule has 9 nitrogen and oxygen atoms in total. The molecule has 29 heavy (non-hydrogen) atoms. The van der Waals surface area contributed by atoms with Crippen LogP contribution in [-0.4, -0.2) is 52.9 Å². The molecule has 4 amide bonds. The topological polar surface area (TPSA) is 129 Å². The Labute approximate surface area is 170 Å². The highest BCUT2D eigenvalue weighted by Gasteiger charge is 2.55. The van der Waals surface area contributed by atoms with Crippen LogP contribution in [0.3, 0.4) is 0 Å². The van der Waals surface area contributed by atoms with Gasteiger partial charge in [0.1, 0.15) is 17.6 Å². The zero-order chi connectivity index (χ0) is 21.1. The van der Waals surface area contributed by atoms with Crippen LogP contribution < -0.4 is 10.6 Å². The molecule has 3 aliphatic rings. The van der Waals surface area contributed by atoms with Gasteiger partial charge in [-0.2, -0.15) is 5.26 Å². The monoisotopic (exact) mass is 404 g/mol. The van der Waals surface area contributed by atoms with E-state index in [9.17, 15) is 24.4 Å². The maximum Gasteiger partial charge on any atom is 0.326 e. The number of rotatable bonds is 5. The zero-order valence-corrected chi connectivity index (χ0v) is 16.8. The van der Waals surface area contributed by atoms with Crippen LogP contribution in [0.4, 0.5) is 4.79 Å². The Kier molecular flexibility index (Phi) is 6.10. The lowest BCUT2D eigenvalue weighted by Crippen LogP contribution is -2.54. The lowest BCUT2D eigenvalue weighted by atomic mass is 9.73. The number of hydrogen-bond acceptors (Lipinski definition) is 6. The molecule has 158 valence electrons. The fraction of sp³-hybridized carbons (Fsp3) is 0.750. The third-order valence-corrected chi connectivity index (χ3v) is 6.45. The Morgan fingerprint density at radius 1 is 1.21 bits per heavy atom. The number of nitriles is 1. The first kappa shape index (κ1) is 21.1. The van der Waals surface area contributed by atoms with Crippen LogP contribution in [0.1, 0.15) is 64.7 Å². The Morgan fingerprint density at radius 2 is 1.90 bits per heavy atom. The van der Waals surface area contributed by atoms with Crippen molar-refractivity contribution in [3.8, 4) is 6.07 Å². The first-order valence-electron chi connectivity index (χ1n) is 10.3. The molecule has 1 spiro atoms. The van der Waals surface area contributed by atoms with Crippen molar-refractivity contribution in [1.29, 1.82) is 5.26 Å². The van der Waals surface area contributed by atoms with E-state index in [1.165, 1.54) is 0 Å². The molecule has 3 fully saturated rings. The van der Waals surface area contributed by atoms with Crippen molar-refractivity contribution >= 4 is 23.8 Å². The minimum absolute atomic E-state index is 0.00263. The molecule has 2 aliphatic carbocycles. The van der Waals surface area contributed by atoms with Crippen LogP contribution in [0.2, 0.25) is 0 Å².